The summed E-state index contributed by atoms with van der Waals surface area (Å²) >= 11 is 10.5. The zero-order chi connectivity index (χ0) is 12.2. The zero-order valence-corrected chi connectivity index (χ0v) is 12.5. The first-order valence-electron chi connectivity index (χ1n) is 5.03. The second kappa shape index (κ2) is 6.03. The molecule has 16 heavy (non-hydrogen) atoms. The summed E-state index contributed by atoms with van der Waals surface area (Å²) in [5, 5.41) is 4.83. The molecule has 0 atom stereocenters. The van der Waals surface area contributed by atoms with E-state index in [-0.39, 0.29) is 11.3 Å². The van der Waals surface area contributed by atoms with Crippen molar-refractivity contribution in [1.82, 2.24) is 5.32 Å². The monoisotopic (exact) mass is 323 g/mol. The van der Waals surface area contributed by atoms with Crippen LogP contribution in [-0.2, 0) is 0 Å². The molecule has 0 spiro atoms. The van der Waals surface area contributed by atoms with Gasteiger partial charge < -0.3 is 5.32 Å². The number of alkyl halides is 1. The number of hydrogen-bond acceptors (Lipinski definition) is 2. The van der Waals surface area contributed by atoms with Crippen molar-refractivity contribution >= 4 is 44.8 Å². The smallest absolute Gasteiger partial charge is 0.262 e. The summed E-state index contributed by atoms with van der Waals surface area (Å²) in [6.45, 7) is 4.83. The summed E-state index contributed by atoms with van der Waals surface area (Å²) in [4.78, 5) is 12.5. The van der Waals surface area contributed by atoms with Crippen LogP contribution in [0.3, 0.4) is 0 Å². The van der Waals surface area contributed by atoms with Crippen LogP contribution in [-0.4, -0.2) is 18.3 Å². The Morgan fingerprint density at radius 2 is 2.31 bits per heavy atom. The van der Waals surface area contributed by atoms with Crippen molar-refractivity contribution in [1.29, 1.82) is 0 Å². The summed E-state index contributed by atoms with van der Waals surface area (Å²) in [5.74, 6) is 0.593. The molecule has 0 radical (unpaired) electrons. The standard InChI is InChI=1S/C11H15BrClNOS/c1-11(2,4-5-13)7-14-10(15)9-8(12)3-6-16-9/h3,6H,4-5,7H2,1-2H3,(H,14,15). The highest BCUT2D eigenvalue weighted by molar-refractivity contribution is 9.10. The van der Waals surface area contributed by atoms with E-state index in [4.69, 9.17) is 11.6 Å². The van der Waals surface area contributed by atoms with Crippen LogP contribution in [0.2, 0.25) is 0 Å². The molecular weight excluding hydrogens is 310 g/mol. The Labute approximate surface area is 114 Å². The van der Waals surface area contributed by atoms with Crippen molar-refractivity contribution in [2.24, 2.45) is 5.41 Å². The number of carbonyl (C=O) groups excluding carboxylic acids is 1. The molecule has 1 heterocycles. The molecule has 2 nitrogen and oxygen atoms in total. The van der Waals surface area contributed by atoms with E-state index in [1.54, 1.807) is 0 Å². The molecule has 0 aliphatic rings. The van der Waals surface area contributed by atoms with Crippen LogP contribution in [0.1, 0.15) is 29.9 Å². The maximum Gasteiger partial charge on any atom is 0.262 e. The average molecular weight is 325 g/mol. The number of hydrogen-bond donors (Lipinski definition) is 1. The van der Waals surface area contributed by atoms with Gasteiger partial charge in [-0.05, 0) is 39.2 Å². The Morgan fingerprint density at radius 1 is 1.62 bits per heavy atom. The summed E-state index contributed by atoms with van der Waals surface area (Å²) in [6, 6.07) is 1.88. The Morgan fingerprint density at radius 3 is 2.81 bits per heavy atom. The highest BCUT2D eigenvalue weighted by Gasteiger charge is 2.19. The molecule has 1 N–H and O–H groups in total. The minimum absolute atomic E-state index is 0.0236. The molecule has 90 valence electrons. The third-order valence-electron chi connectivity index (χ3n) is 2.32. The van der Waals surface area contributed by atoms with E-state index in [1.165, 1.54) is 11.3 Å². The van der Waals surface area contributed by atoms with Crippen molar-refractivity contribution in [3.05, 3.63) is 20.8 Å². The highest BCUT2D eigenvalue weighted by Crippen LogP contribution is 2.23. The second-order valence-electron chi connectivity index (χ2n) is 4.38. The lowest BCUT2D eigenvalue weighted by Crippen LogP contribution is -2.34. The molecule has 1 aromatic rings. The van der Waals surface area contributed by atoms with E-state index in [0.29, 0.717) is 12.4 Å². The quantitative estimate of drug-likeness (QED) is 0.818. The molecule has 1 aromatic heterocycles. The van der Waals surface area contributed by atoms with E-state index in [9.17, 15) is 4.79 Å². The van der Waals surface area contributed by atoms with Crippen LogP contribution < -0.4 is 5.32 Å². The minimum Gasteiger partial charge on any atom is -0.351 e. The molecule has 0 saturated heterocycles. The molecule has 0 aliphatic carbocycles. The fraction of sp³-hybridized carbons (Fsp3) is 0.545. The first-order valence-corrected chi connectivity index (χ1v) is 7.24. The fourth-order valence-corrected chi connectivity index (χ4v) is 3.18. The number of amides is 1. The van der Waals surface area contributed by atoms with E-state index < -0.39 is 0 Å². The lowest BCUT2D eigenvalue weighted by Gasteiger charge is -2.23. The molecule has 0 bridgehead atoms. The van der Waals surface area contributed by atoms with Gasteiger partial charge in [0.2, 0.25) is 0 Å². The maximum atomic E-state index is 11.8. The summed E-state index contributed by atoms with van der Waals surface area (Å²) in [5.41, 5.74) is 0.0428. The van der Waals surface area contributed by atoms with Gasteiger partial charge in [0, 0.05) is 16.9 Å². The van der Waals surface area contributed by atoms with Gasteiger partial charge in [0.1, 0.15) is 4.88 Å². The number of carbonyl (C=O) groups is 1. The zero-order valence-electron chi connectivity index (χ0n) is 9.35. The van der Waals surface area contributed by atoms with Gasteiger partial charge in [-0.3, -0.25) is 4.79 Å². The molecule has 1 amide bonds. The maximum absolute atomic E-state index is 11.8. The van der Waals surface area contributed by atoms with Crippen molar-refractivity contribution in [3.8, 4) is 0 Å². The SMILES string of the molecule is CC(C)(CCCl)CNC(=O)c1sccc1Br. The van der Waals surface area contributed by atoms with Gasteiger partial charge in [-0.1, -0.05) is 13.8 Å². The summed E-state index contributed by atoms with van der Waals surface area (Å²) in [7, 11) is 0. The van der Waals surface area contributed by atoms with Crippen LogP contribution in [0.25, 0.3) is 0 Å². The van der Waals surface area contributed by atoms with Crippen molar-refractivity contribution in [2.75, 3.05) is 12.4 Å². The molecule has 0 fully saturated rings. The van der Waals surface area contributed by atoms with E-state index in [0.717, 1.165) is 15.8 Å². The molecular formula is C11H15BrClNOS. The lowest BCUT2D eigenvalue weighted by atomic mass is 9.90. The van der Waals surface area contributed by atoms with Gasteiger partial charge in [-0.15, -0.1) is 22.9 Å². The van der Waals surface area contributed by atoms with Crippen molar-refractivity contribution in [3.63, 3.8) is 0 Å². The minimum atomic E-state index is -0.0236. The predicted molar refractivity (Wildman–Crippen MR) is 73.5 cm³/mol. The molecule has 0 saturated carbocycles. The van der Waals surface area contributed by atoms with E-state index in [2.05, 4.69) is 35.1 Å². The van der Waals surface area contributed by atoms with E-state index >= 15 is 0 Å². The Balaban J connectivity index is 2.51. The van der Waals surface area contributed by atoms with Gasteiger partial charge in [0.05, 0.1) is 0 Å². The lowest BCUT2D eigenvalue weighted by molar-refractivity contribution is 0.0939. The average Bonchev–Trinajstić information content (AvgIpc) is 2.61. The van der Waals surface area contributed by atoms with Crippen LogP contribution in [0.4, 0.5) is 0 Å². The van der Waals surface area contributed by atoms with Crippen LogP contribution in [0, 0.1) is 5.41 Å². The van der Waals surface area contributed by atoms with E-state index in [1.807, 2.05) is 11.4 Å². The number of halogens is 2. The predicted octanol–water partition coefficient (Wildman–Crippen LogP) is 3.90. The van der Waals surface area contributed by atoms with Gasteiger partial charge in [0.25, 0.3) is 5.91 Å². The Hall–Kier alpha value is -0.0600. The van der Waals surface area contributed by atoms with Gasteiger partial charge in [0.15, 0.2) is 0 Å². The summed E-state index contributed by atoms with van der Waals surface area (Å²) < 4.78 is 0.852. The fourth-order valence-electron chi connectivity index (χ4n) is 1.20. The molecule has 0 aromatic carbocycles. The second-order valence-corrected chi connectivity index (χ2v) is 6.53. The highest BCUT2D eigenvalue weighted by atomic mass is 79.9. The van der Waals surface area contributed by atoms with Crippen LogP contribution in [0.5, 0.6) is 0 Å². The number of rotatable bonds is 5. The van der Waals surface area contributed by atoms with Gasteiger partial charge in [-0.25, -0.2) is 0 Å². The Kier molecular flexibility index (Phi) is 5.28. The molecule has 1 rings (SSSR count). The van der Waals surface area contributed by atoms with Crippen LogP contribution >= 0.6 is 38.9 Å². The van der Waals surface area contributed by atoms with Gasteiger partial charge in [-0.2, -0.15) is 0 Å². The first kappa shape index (κ1) is 14.0. The first-order chi connectivity index (χ1) is 7.46. The third-order valence-corrected chi connectivity index (χ3v) is 4.35. The van der Waals surface area contributed by atoms with Crippen molar-refractivity contribution in [2.45, 2.75) is 20.3 Å². The Bertz CT molecular complexity index is 365. The largest absolute Gasteiger partial charge is 0.351 e. The molecule has 5 heteroatoms. The number of nitrogens with one attached hydrogen (secondary N) is 1. The summed E-state index contributed by atoms with van der Waals surface area (Å²) in [6.07, 6.45) is 0.889. The molecule has 0 aliphatic heterocycles. The van der Waals surface area contributed by atoms with Gasteiger partial charge >= 0.3 is 0 Å². The third kappa shape index (κ3) is 4.07. The molecule has 0 unspecified atom stereocenters. The normalized spacial score (nSPS) is 11.5. The number of thiophene rings is 1. The topological polar surface area (TPSA) is 29.1 Å². The van der Waals surface area contributed by atoms with Crippen molar-refractivity contribution < 1.29 is 4.79 Å². The van der Waals surface area contributed by atoms with Crippen LogP contribution in [0.15, 0.2) is 15.9 Å².